The fraction of sp³-hybridized carbons (Fsp3) is 0.0909. The second-order valence-corrected chi connectivity index (χ2v) is 4.64. The van der Waals surface area contributed by atoms with Gasteiger partial charge in [-0.25, -0.2) is 24.1 Å². The lowest BCUT2D eigenvalue weighted by Crippen LogP contribution is -2.24. The summed E-state index contributed by atoms with van der Waals surface area (Å²) in [5.74, 6) is 0. The van der Waals surface area contributed by atoms with Gasteiger partial charge in [-0.1, -0.05) is 18.2 Å². The summed E-state index contributed by atoms with van der Waals surface area (Å²) in [6, 6.07) is 8.86. The van der Waals surface area contributed by atoms with Gasteiger partial charge >= 0.3 is 6.09 Å². The molecule has 2 rings (SSSR count). The summed E-state index contributed by atoms with van der Waals surface area (Å²) in [6.45, 7) is 0. The molecule has 0 fully saturated rings. The zero-order valence-corrected chi connectivity index (χ0v) is 10.4. The van der Waals surface area contributed by atoms with E-state index in [1.807, 2.05) is 6.07 Å². The van der Waals surface area contributed by atoms with Crippen molar-refractivity contribution < 1.29 is 13.7 Å². The lowest BCUT2D eigenvalue weighted by molar-refractivity contribution is 0.183. The summed E-state index contributed by atoms with van der Waals surface area (Å²) >= 11 is 0. The van der Waals surface area contributed by atoms with Gasteiger partial charge in [0.05, 0.1) is 7.11 Å². The van der Waals surface area contributed by atoms with E-state index in [1.54, 1.807) is 24.3 Å². The van der Waals surface area contributed by atoms with E-state index < -0.39 is 16.9 Å². The van der Waals surface area contributed by atoms with Gasteiger partial charge in [0.2, 0.25) is 5.16 Å². The third-order valence-corrected chi connectivity index (χ3v) is 3.46. The van der Waals surface area contributed by atoms with Crippen LogP contribution >= 0.6 is 0 Å². The molecule has 0 bridgehead atoms. The fourth-order valence-corrected chi connectivity index (χ4v) is 2.36. The first-order chi connectivity index (χ1) is 8.72. The Morgan fingerprint density at radius 3 is 2.78 bits per heavy atom. The Balaban J connectivity index is 2.27. The summed E-state index contributed by atoms with van der Waals surface area (Å²) in [7, 11) is -0.214. The van der Waals surface area contributed by atoms with Crippen molar-refractivity contribution in [2.45, 2.75) is 10.1 Å². The molecule has 18 heavy (non-hydrogen) atoms. The molecule has 1 amide bonds. The molecular weight excluding hydrogens is 254 g/mol. The maximum atomic E-state index is 12.2. The Bertz CT molecular complexity index is 568. The number of amides is 1. The number of rotatable bonds is 3. The Kier molecular flexibility index (Phi) is 3.73. The highest BCUT2D eigenvalue weighted by molar-refractivity contribution is 7.85. The van der Waals surface area contributed by atoms with Crippen molar-refractivity contribution in [3.63, 3.8) is 0 Å². The molecule has 1 atom stereocenters. The molecule has 0 saturated carbocycles. The quantitative estimate of drug-likeness (QED) is 0.909. The zero-order valence-electron chi connectivity index (χ0n) is 9.57. The molecule has 0 aliphatic rings. The smallest absolute Gasteiger partial charge is 0.426 e. The number of carbonyl (C=O) groups is 1. The van der Waals surface area contributed by atoms with Crippen molar-refractivity contribution in [3.05, 3.63) is 42.7 Å². The number of methoxy groups -OCH3 is 1. The third kappa shape index (κ3) is 2.57. The van der Waals surface area contributed by atoms with Crippen molar-refractivity contribution in [2.24, 2.45) is 0 Å². The average Bonchev–Trinajstić information content (AvgIpc) is 2.86. The molecule has 1 heterocycles. The van der Waals surface area contributed by atoms with E-state index in [1.165, 1.54) is 24.2 Å². The van der Waals surface area contributed by atoms with Crippen LogP contribution in [0.15, 0.2) is 52.8 Å². The topological polar surface area (TPSA) is 73.2 Å². The van der Waals surface area contributed by atoms with Crippen LogP contribution in [-0.4, -0.2) is 27.1 Å². The summed E-state index contributed by atoms with van der Waals surface area (Å²) < 4.78 is 18.0. The number of hydrogen-bond donors (Lipinski definition) is 1. The first kappa shape index (κ1) is 12.3. The summed E-state index contributed by atoms with van der Waals surface area (Å²) in [5.41, 5.74) is 2.39. The Morgan fingerprint density at radius 1 is 1.39 bits per heavy atom. The summed E-state index contributed by atoms with van der Waals surface area (Å²) in [4.78, 5) is 15.7. The van der Waals surface area contributed by atoms with E-state index in [9.17, 15) is 9.00 Å². The second-order valence-electron chi connectivity index (χ2n) is 3.26. The van der Waals surface area contributed by atoms with Gasteiger partial charge in [-0.15, -0.1) is 0 Å². The first-order valence-electron chi connectivity index (χ1n) is 5.07. The number of nitrogens with one attached hydrogen (secondary N) is 1. The average molecular weight is 265 g/mol. The highest BCUT2D eigenvalue weighted by Crippen LogP contribution is 2.13. The monoisotopic (exact) mass is 265 g/mol. The molecule has 1 N–H and O–H groups in total. The van der Waals surface area contributed by atoms with Crippen LogP contribution in [0.4, 0.5) is 4.79 Å². The molecule has 2 aromatic rings. The highest BCUT2D eigenvalue weighted by Gasteiger charge is 2.14. The molecular formula is C11H11N3O3S. The molecule has 94 valence electrons. The Morgan fingerprint density at radius 2 is 2.11 bits per heavy atom. The second kappa shape index (κ2) is 5.46. The first-order valence-corrected chi connectivity index (χ1v) is 6.22. The van der Waals surface area contributed by atoms with E-state index in [-0.39, 0.29) is 5.16 Å². The number of hydrogen-bond acceptors (Lipinski definition) is 4. The number of nitrogens with zero attached hydrogens (tertiary/aromatic N) is 2. The zero-order chi connectivity index (χ0) is 13.0. The maximum Gasteiger partial charge on any atom is 0.426 e. The minimum absolute atomic E-state index is 0.228. The van der Waals surface area contributed by atoms with Crippen molar-refractivity contribution in [1.82, 2.24) is 9.66 Å². The SMILES string of the molecule is COC(=O)Nn1ccnc1S(=O)c1ccccc1. The molecule has 0 spiro atoms. The minimum atomic E-state index is -1.46. The fourth-order valence-electron chi connectivity index (χ4n) is 1.31. The van der Waals surface area contributed by atoms with Crippen molar-refractivity contribution in [1.29, 1.82) is 0 Å². The van der Waals surface area contributed by atoms with E-state index in [4.69, 9.17) is 0 Å². The molecule has 0 saturated heterocycles. The normalized spacial score (nSPS) is 11.8. The number of carbonyl (C=O) groups excluding carboxylic acids is 1. The molecule has 0 radical (unpaired) electrons. The molecule has 7 heteroatoms. The van der Waals surface area contributed by atoms with Gasteiger partial charge < -0.3 is 4.74 Å². The van der Waals surface area contributed by atoms with Crippen LogP contribution in [0.2, 0.25) is 0 Å². The van der Waals surface area contributed by atoms with Gasteiger partial charge in [-0.3, -0.25) is 0 Å². The maximum absolute atomic E-state index is 12.2. The van der Waals surface area contributed by atoms with Crippen molar-refractivity contribution >= 4 is 16.9 Å². The van der Waals surface area contributed by atoms with Gasteiger partial charge in [0.15, 0.2) is 0 Å². The van der Waals surface area contributed by atoms with E-state index in [2.05, 4.69) is 15.1 Å². The number of imidazole rings is 1. The van der Waals surface area contributed by atoms with Crippen LogP contribution in [0.5, 0.6) is 0 Å². The van der Waals surface area contributed by atoms with Crippen LogP contribution in [0.25, 0.3) is 0 Å². The van der Waals surface area contributed by atoms with Crippen LogP contribution in [0.3, 0.4) is 0 Å². The van der Waals surface area contributed by atoms with E-state index >= 15 is 0 Å². The Hall–Kier alpha value is -2.15. The lowest BCUT2D eigenvalue weighted by atomic mass is 10.4. The third-order valence-electron chi connectivity index (χ3n) is 2.13. The lowest BCUT2D eigenvalue weighted by Gasteiger charge is -2.07. The number of aromatic nitrogens is 2. The predicted molar refractivity (Wildman–Crippen MR) is 65.1 cm³/mol. The number of benzene rings is 1. The van der Waals surface area contributed by atoms with Crippen molar-refractivity contribution in [2.75, 3.05) is 12.5 Å². The molecule has 6 nitrogen and oxygen atoms in total. The standard InChI is InChI=1S/C11H11N3O3S/c1-17-11(15)13-14-8-7-12-10(14)18(16)9-5-3-2-4-6-9/h2-8H,1H3,(H,13,15). The molecule has 1 unspecified atom stereocenters. The van der Waals surface area contributed by atoms with Crippen molar-refractivity contribution in [3.8, 4) is 0 Å². The molecule has 0 aliphatic heterocycles. The molecule has 1 aromatic carbocycles. The van der Waals surface area contributed by atoms with Crippen LogP contribution < -0.4 is 5.43 Å². The van der Waals surface area contributed by atoms with Crippen LogP contribution in [-0.2, 0) is 15.5 Å². The summed E-state index contributed by atoms with van der Waals surface area (Å²) in [6.07, 6.45) is 2.29. The van der Waals surface area contributed by atoms with Gasteiger partial charge in [0.1, 0.15) is 10.8 Å². The van der Waals surface area contributed by atoms with Gasteiger partial charge in [-0.2, -0.15) is 0 Å². The Labute approximate surface area is 106 Å². The van der Waals surface area contributed by atoms with Gasteiger partial charge in [0, 0.05) is 17.3 Å². The van der Waals surface area contributed by atoms with Gasteiger partial charge in [-0.05, 0) is 12.1 Å². The highest BCUT2D eigenvalue weighted by atomic mass is 32.2. The molecule has 0 aliphatic carbocycles. The minimum Gasteiger partial charge on any atom is -0.452 e. The predicted octanol–water partition coefficient (Wildman–Crippen LogP) is 1.36. The van der Waals surface area contributed by atoms with Crippen LogP contribution in [0, 0.1) is 0 Å². The van der Waals surface area contributed by atoms with E-state index in [0.29, 0.717) is 4.90 Å². The molecule has 1 aromatic heterocycles. The largest absolute Gasteiger partial charge is 0.452 e. The van der Waals surface area contributed by atoms with Gasteiger partial charge in [0.25, 0.3) is 0 Å². The number of ether oxygens (including phenoxy) is 1. The van der Waals surface area contributed by atoms with Crippen LogP contribution in [0.1, 0.15) is 0 Å². The van der Waals surface area contributed by atoms with E-state index in [0.717, 1.165) is 0 Å². The summed E-state index contributed by atoms with van der Waals surface area (Å²) in [5, 5.41) is 0.228.